The van der Waals surface area contributed by atoms with Crippen LogP contribution < -0.4 is 0 Å². The van der Waals surface area contributed by atoms with Gasteiger partial charge in [0.1, 0.15) is 12.7 Å². The number of likely N-dealkylation sites (tertiary alicyclic amines) is 2. The number of piperidine rings is 1. The number of carbonyl (C=O) groups is 3. The van der Waals surface area contributed by atoms with Gasteiger partial charge in [-0.25, -0.2) is 9.59 Å². The number of carbonyl (C=O) groups excluding carboxylic acids is 3. The summed E-state index contributed by atoms with van der Waals surface area (Å²) in [5.41, 5.74) is 4.06. The van der Waals surface area contributed by atoms with Gasteiger partial charge in [0.2, 0.25) is 5.91 Å². The Hall–Kier alpha value is -2.71. The summed E-state index contributed by atoms with van der Waals surface area (Å²) >= 11 is 0. The molecule has 8 heteroatoms. The van der Waals surface area contributed by atoms with Crippen LogP contribution in [0.2, 0.25) is 0 Å². The highest BCUT2D eigenvalue weighted by Gasteiger charge is 2.50. The van der Waals surface area contributed by atoms with Crippen LogP contribution in [-0.2, 0) is 30.4 Å². The van der Waals surface area contributed by atoms with Crippen LogP contribution in [0.4, 0.5) is 0 Å². The molecular weight excluding hydrogens is 424 g/mol. The van der Waals surface area contributed by atoms with Gasteiger partial charge in [-0.15, -0.1) is 0 Å². The van der Waals surface area contributed by atoms with Crippen LogP contribution in [0.3, 0.4) is 0 Å². The van der Waals surface area contributed by atoms with E-state index in [-0.39, 0.29) is 35.5 Å². The lowest BCUT2D eigenvalue weighted by Crippen LogP contribution is -2.46. The van der Waals surface area contributed by atoms with E-state index in [2.05, 4.69) is 4.90 Å². The molecule has 33 heavy (non-hydrogen) atoms. The fourth-order valence-corrected chi connectivity index (χ4v) is 5.75. The van der Waals surface area contributed by atoms with E-state index in [1.54, 1.807) is 12.0 Å². The van der Waals surface area contributed by atoms with E-state index in [0.717, 1.165) is 55.6 Å². The van der Waals surface area contributed by atoms with Gasteiger partial charge in [-0.1, -0.05) is 6.07 Å². The smallest absolute Gasteiger partial charge is 0.338 e. The lowest BCUT2D eigenvalue weighted by Gasteiger charge is -2.39. The Morgan fingerprint density at radius 2 is 1.88 bits per heavy atom. The van der Waals surface area contributed by atoms with Gasteiger partial charge in [-0.3, -0.25) is 4.79 Å². The zero-order chi connectivity index (χ0) is 23.3. The number of amides is 1. The molecule has 8 nitrogen and oxygen atoms in total. The first-order valence-corrected chi connectivity index (χ1v) is 11.6. The SMILES string of the molecule is CO[C@H](CN1CCC2(CC1)CCN(C1=CC(=O)OC1C)C2=O)c1ccc2c(c1C)COC2=O. The molecule has 0 N–H and O–H groups in total. The minimum atomic E-state index is -0.371. The highest BCUT2D eigenvalue weighted by molar-refractivity contribution is 5.94. The molecule has 2 atom stereocenters. The molecule has 176 valence electrons. The Morgan fingerprint density at radius 3 is 2.55 bits per heavy atom. The van der Waals surface area contributed by atoms with Gasteiger partial charge in [0.15, 0.2) is 0 Å². The van der Waals surface area contributed by atoms with Crippen LogP contribution in [0, 0.1) is 12.3 Å². The summed E-state index contributed by atoms with van der Waals surface area (Å²) in [5, 5.41) is 0. The molecule has 2 saturated heterocycles. The maximum absolute atomic E-state index is 13.3. The van der Waals surface area contributed by atoms with Crippen LogP contribution >= 0.6 is 0 Å². The van der Waals surface area contributed by atoms with Crippen LogP contribution in [0.25, 0.3) is 0 Å². The maximum atomic E-state index is 13.3. The van der Waals surface area contributed by atoms with Crippen molar-refractivity contribution in [1.29, 1.82) is 0 Å². The van der Waals surface area contributed by atoms with Crippen LogP contribution in [0.15, 0.2) is 23.9 Å². The molecule has 0 bridgehead atoms. The average molecular weight is 455 g/mol. The molecule has 4 heterocycles. The second kappa shape index (κ2) is 8.25. The van der Waals surface area contributed by atoms with E-state index in [0.29, 0.717) is 24.4 Å². The third-order valence-corrected chi connectivity index (χ3v) is 7.88. The molecule has 0 saturated carbocycles. The van der Waals surface area contributed by atoms with Gasteiger partial charge >= 0.3 is 11.9 Å². The van der Waals surface area contributed by atoms with Gasteiger partial charge < -0.3 is 24.0 Å². The summed E-state index contributed by atoms with van der Waals surface area (Å²) in [5.74, 6) is -0.505. The Bertz CT molecular complexity index is 1040. The van der Waals surface area contributed by atoms with Crippen molar-refractivity contribution < 1.29 is 28.6 Å². The first kappa shape index (κ1) is 22.1. The number of hydrogen-bond acceptors (Lipinski definition) is 7. The first-order chi connectivity index (χ1) is 15.8. The molecule has 0 aliphatic carbocycles. The van der Waals surface area contributed by atoms with Crippen molar-refractivity contribution in [2.45, 2.75) is 51.9 Å². The molecule has 1 aromatic rings. The standard InChI is InChI=1S/C25H30N2O6/c1-15-17(4-5-18-19(15)14-32-23(18)29)21(31-3)13-26-9-6-25(7-10-26)8-11-27(24(25)30)20-12-22(28)33-16(20)2/h4-5,12,16,21H,6-11,13-14H2,1-3H3/t16?,21-/m1/s1. The molecule has 5 rings (SSSR count). The Morgan fingerprint density at radius 1 is 1.15 bits per heavy atom. The Labute approximate surface area is 193 Å². The number of methoxy groups -OCH3 is 1. The highest BCUT2D eigenvalue weighted by Crippen LogP contribution is 2.44. The van der Waals surface area contributed by atoms with Crippen molar-refractivity contribution in [1.82, 2.24) is 9.80 Å². The monoisotopic (exact) mass is 454 g/mol. The van der Waals surface area contributed by atoms with Crippen LogP contribution in [0.5, 0.6) is 0 Å². The minimum absolute atomic E-state index is 0.122. The number of hydrogen-bond donors (Lipinski definition) is 0. The quantitative estimate of drug-likeness (QED) is 0.632. The van der Waals surface area contributed by atoms with Crippen LogP contribution in [-0.4, -0.2) is 67.0 Å². The summed E-state index contributed by atoms with van der Waals surface area (Å²) < 4.78 is 16.2. The normalized spacial score (nSPS) is 25.3. The maximum Gasteiger partial charge on any atom is 0.338 e. The van der Waals surface area contributed by atoms with Gasteiger partial charge in [-0.2, -0.15) is 0 Å². The molecule has 4 aliphatic heterocycles. The molecule has 1 amide bonds. The third-order valence-electron chi connectivity index (χ3n) is 7.88. The fraction of sp³-hybridized carbons (Fsp3) is 0.560. The summed E-state index contributed by atoms with van der Waals surface area (Å²) in [7, 11) is 1.71. The number of cyclic esters (lactones) is 2. The van der Waals surface area contributed by atoms with E-state index < -0.39 is 0 Å². The predicted molar refractivity (Wildman–Crippen MR) is 118 cm³/mol. The number of esters is 2. The van der Waals surface area contributed by atoms with Crippen molar-refractivity contribution in [2.24, 2.45) is 5.41 Å². The summed E-state index contributed by atoms with van der Waals surface area (Å²) in [6, 6.07) is 3.81. The second-order valence-electron chi connectivity index (χ2n) is 9.54. The van der Waals surface area contributed by atoms with Gasteiger partial charge in [0.05, 0.1) is 22.8 Å². The Kier molecular flexibility index (Phi) is 5.53. The highest BCUT2D eigenvalue weighted by atomic mass is 16.5. The fourth-order valence-electron chi connectivity index (χ4n) is 5.75. The topological polar surface area (TPSA) is 85.4 Å². The largest absolute Gasteiger partial charge is 0.457 e. The number of benzene rings is 1. The molecule has 1 unspecified atom stereocenters. The van der Waals surface area contributed by atoms with E-state index in [1.165, 1.54) is 6.08 Å². The summed E-state index contributed by atoms with van der Waals surface area (Å²) in [4.78, 5) is 40.9. The molecule has 0 aromatic heterocycles. The summed E-state index contributed by atoms with van der Waals surface area (Å²) in [6.45, 7) is 7.15. The lowest BCUT2D eigenvalue weighted by molar-refractivity contribution is -0.141. The third kappa shape index (κ3) is 3.65. The zero-order valence-corrected chi connectivity index (χ0v) is 19.4. The van der Waals surface area contributed by atoms with E-state index in [4.69, 9.17) is 14.2 Å². The van der Waals surface area contributed by atoms with Crippen molar-refractivity contribution in [3.05, 3.63) is 46.2 Å². The molecule has 2 fully saturated rings. The van der Waals surface area contributed by atoms with E-state index in [9.17, 15) is 14.4 Å². The van der Waals surface area contributed by atoms with Gasteiger partial charge in [0, 0.05) is 31.8 Å². The lowest BCUT2D eigenvalue weighted by atomic mass is 9.77. The average Bonchev–Trinajstić information content (AvgIpc) is 3.44. The number of rotatable bonds is 5. The van der Waals surface area contributed by atoms with Crippen molar-refractivity contribution >= 4 is 17.8 Å². The van der Waals surface area contributed by atoms with Crippen molar-refractivity contribution in [3.63, 3.8) is 0 Å². The summed E-state index contributed by atoms with van der Waals surface area (Å²) in [6.07, 6.45) is 3.36. The van der Waals surface area contributed by atoms with Gasteiger partial charge in [-0.05, 0) is 63.4 Å². The molecule has 4 aliphatic rings. The zero-order valence-electron chi connectivity index (χ0n) is 19.4. The van der Waals surface area contributed by atoms with Crippen molar-refractivity contribution in [3.8, 4) is 0 Å². The molecule has 1 spiro atoms. The van der Waals surface area contributed by atoms with Crippen LogP contribution in [0.1, 0.15) is 59.3 Å². The number of ether oxygens (including phenoxy) is 3. The Balaban J connectivity index is 1.25. The molecule has 0 radical (unpaired) electrons. The first-order valence-electron chi connectivity index (χ1n) is 11.6. The molecule has 1 aromatic carbocycles. The van der Waals surface area contributed by atoms with E-state index in [1.807, 2.05) is 26.0 Å². The van der Waals surface area contributed by atoms with Gasteiger partial charge in [0.25, 0.3) is 0 Å². The predicted octanol–water partition coefficient (Wildman–Crippen LogP) is 2.50. The second-order valence-corrected chi connectivity index (χ2v) is 9.54. The number of nitrogens with zero attached hydrogens (tertiary/aromatic N) is 2. The minimum Gasteiger partial charge on any atom is -0.457 e. The van der Waals surface area contributed by atoms with E-state index >= 15 is 0 Å². The van der Waals surface area contributed by atoms with Crippen molar-refractivity contribution in [2.75, 3.05) is 33.3 Å². The number of fused-ring (bicyclic) bond motifs is 1. The molecular formula is C25H30N2O6.